The number of fused-ring (bicyclic) bond motifs is 4. The smallest absolute Gasteiger partial charge is 0.164 e. The van der Waals surface area contributed by atoms with Crippen molar-refractivity contribution in [2.45, 2.75) is 0 Å². The van der Waals surface area contributed by atoms with Crippen molar-refractivity contribution in [3.8, 4) is 34.2 Å². The first-order chi connectivity index (χ1) is 17.3. The Bertz CT molecular complexity index is 1780. The van der Waals surface area contributed by atoms with Crippen LogP contribution in [0.15, 0.2) is 120 Å². The maximum absolute atomic E-state index is 6.12. The summed E-state index contributed by atoms with van der Waals surface area (Å²) in [5, 5.41) is 4.35. The van der Waals surface area contributed by atoms with E-state index >= 15 is 0 Å². The highest BCUT2D eigenvalue weighted by molar-refractivity contribution is 6.12. The van der Waals surface area contributed by atoms with Crippen molar-refractivity contribution in [2.75, 3.05) is 0 Å². The fourth-order valence-electron chi connectivity index (χ4n) is 4.62. The zero-order chi connectivity index (χ0) is 23.2. The fourth-order valence-corrected chi connectivity index (χ4v) is 4.62. The highest BCUT2D eigenvalue weighted by atomic mass is 16.3. The molecular formula is C31H19N3O. The summed E-state index contributed by atoms with van der Waals surface area (Å²) in [7, 11) is 0. The Morgan fingerprint density at radius 3 is 1.77 bits per heavy atom. The van der Waals surface area contributed by atoms with Crippen molar-refractivity contribution >= 4 is 32.7 Å². The molecular weight excluding hydrogens is 430 g/mol. The maximum Gasteiger partial charge on any atom is 0.164 e. The van der Waals surface area contributed by atoms with Crippen LogP contribution >= 0.6 is 0 Å². The number of hydrogen-bond donors (Lipinski definition) is 0. The minimum Gasteiger partial charge on any atom is -0.456 e. The van der Waals surface area contributed by atoms with Crippen LogP contribution < -0.4 is 0 Å². The van der Waals surface area contributed by atoms with Crippen LogP contribution in [0.2, 0.25) is 0 Å². The van der Waals surface area contributed by atoms with Crippen LogP contribution in [-0.2, 0) is 0 Å². The zero-order valence-electron chi connectivity index (χ0n) is 18.7. The highest BCUT2D eigenvalue weighted by Gasteiger charge is 2.15. The average Bonchev–Trinajstić information content (AvgIpc) is 3.29. The second-order valence-electron chi connectivity index (χ2n) is 8.51. The van der Waals surface area contributed by atoms with Crippen LogP contribution in [0.25, 0.3) is 66.9 Å². The fraction of sp³-hybridized carbons (Fsp3) is 0. The molecule has 4 heteroatoms. The van der Waals surface area contributed by atoms with Crippen molar-refractivity contribution in [1.82, 2.24) is 15.0 Å². The van der Waals surface area contributed by atoms with E-state index in [0.29, 0.717) is 17.5 Å². The second-order valence-corrected chi connectivity index (χ2v) is 8.51. The number of aromatic nitrogens is 3. The summed E-state index contributed by atoms with van der Waals surface area (Å²) < 4.78 is 6.12. The van der Waals surface area contributed by atoms with E-state index < -0.39 is 0 Å². The molecule has 0 fully saturated rings. The van der Waals surface area contributed by atoms with Crippen LogP contribution in [-0.4, -0.2) is 15.0 Å². The molecule has 0 aliphatic rings. The van der Waals surface area contributed by atoms with E-state index in [2.05, 4.69) is 30.3 Å². The molecule has 0 radical (unpaired) electrons. The van der Waals surface area contributed by atoms with E-state index in [0.717, 1.165) is 49.4 Å². The average molecular weight is 450 g/mol. The lowest BCUT2D eigenvalue weighted by Crippen LogP contribution is -2.00. The van der Waals surface area contributed by atoms with Crippen molar-refractivity contribution < 1.29 is 4.42 Å². The molecule has 0 N–H and O–H groups in total. The highest BCUT2D eigenvalue weighted by Crippen LogP contribution is 2.36. The Labute approximate surface area is 201 Å². The summed E-state index contributed by atoms with van der Waals surface area (Å²) in [6, 6.07) is 38.7. The third-order valence-electron chi connectivity index (χ3n) is 6.32. The lowest BCUT2D eigenvalue weighted by atomic mass is 10.0. The van der Waals surface area contributed by atoms with Gasteiger partial charge >= 0.3 is 0 Å². The molecule has 0 aliphatic heterocycles. The van der Waals surface area contributed by atoms with Crippen LogP contribution in [0.1, 0.15) is 0 Å². The monoisotopic (exact) mass is 449 g/mol. The molecule has 0 atom stereocenters. The minimum atomic E-state index is 0.649. The third kappa shape index (κ3) is 3.35. The Hall–Kier alpha value is -4.83. The van der Waals surface area contributed by atoms with E-state index in [1.807, 2.05) is 84.9 Å². The van der Waals surface area contributed by atoms with Gasteiger partial charge in [-0.2, -0.15) is 0 Å². The SMILES string of the molecule is c1ccc(-c2nc(-c3ccccc3)nc(-c3cccc4cc5oc6ccccc6c5cc34)n2)cc1. The Kier molecular flexibility index (Phi) is 4.42. The van der Waals surface area contributed by atoms with Gasteiger partial charge in [0.15, 0.2) is 17.5 Å². The van der Waals surface area contributed by atoms with Crippen molar-refractivity contribution in [2.24, 2.45) is 0 Å². The van der Waals surface area contributed by atoms with E-state index in [-0.39, 0.29) is 0 Å². The molecule has 0 amide bonds. The van der Waals surface area contributed by atoms with Crippen molar-refractivity contribution in [1.29, 1.82) is 0 Å². The molecule has 7 rings (SSSR count). The van der Waals surface area contributed by atoms with Gasteiger partial charge in [-0.05, 0) is 29.0 Å². The second kappa shape index (κ2) is 7.89. The van der Waals surface area contributed by atoms with E-state index in [4.69, 9.17) is 19.4 Å². The van der Waals surface area contributed by atoms with Gasteiger partial charge < -0.3 is 4.42 Å². The number of hydrogen-bond acceptors (Lipinski definition) is 4. The molecule has 7 aromatic rings. The number of nitrogens with zero attached hydrogens (tertiary/aromatic N) is 3. The molecule has 2 heterocycles. The predicted octanol–water partition coefficient (Wildman–Crippen LogP) is 7.93. The van der Waals surface area contributed by atoms with Gasteiger partial charge in [-0.15, -0.1) is 0 Å². The molecule has 0 unspecified atom stereocenters. The zero-order valence-corrected chi connectivity index (χ0v) is 18.7. The molecule has 0 spiro atoms. The molecule has 4 nitrogen and oxygen atoms in total. The van der Waals surface area contributed by atoms with Gasteiger partial charge in [0.05, 0.1) is 0 Å². The standard InChI is InChI=1S/C31H19N3O/c1-3-10-20(11-4-1)29-32-30(21-12-5-2-6-13-21)34-31(33-29)24-16-9-14-22-18-28-26(19-25(22)24)23-15-7-8-17-27(23)35-28/h1-19H. The Morgan fingerprint density at radius 2 is 1.06 bits per heavy atom. The molecule has 0 bridgehead atoms. The summed E-state index contributed by atoms with van der Waals surface area (Å²) in [5.41, 5.74) is 4.64. The largest absolute Gasteiger partial charge is 0.456 e. The Balaban J connectivity index is 1.51. The van der Waals surface area contributed by atoms with Gasteiger partial charge in [0.25, 0.3) is 0 Å². The molecule has 2 aromatic heterocycles. The Morgan fingerprint density at radius 1 is 0.429 bits per heavy atom. The van der Waals surface area contributed by atoms with E-state index in [1.54, 1.807) is 0 Å². The maximum atomic E-state index is 6.12. The van der Waals surface area contributed by atoms with Crippen LogP contribution in [0.4, 0.5) is 0 Å². The normalized spacial score (nSPS) is 11.4. The first kappa shape index (κ1) is 19.6. The predicted molar refractivity (Wildman–Crippen MR) is 141 cm³/mol. The van der Waals surface area contributed by atoms with E-state index in [1.165, 1.54) is 0 Å². The molecule has 0 saturated heterocycles. The van der Waals surface area contributed by atoms with Crippen LogP contribution in [0.3, 0.4) is 0 Å². The molecule has 0 aliphatic carbocycles. The van der Waals surface area contributed by atoms with Gasteiger partial charge in [-0.3, -0.25) is 0 Å². The molecule has 0 saturated carbocycles. The van der Waals surface area contributed by atoms with Gasteiger partial charge in [0.2, 0.25) is 0 Å². The topological polar surface area (TPSA) is 51.8 Å². The number of rotatable bonds is 3. The molecule has 164 valence electrons. The lowest BCUT2D eigenvalue weighted by molar-refractivity contribution is 0.669. The van der Waals surface area contributed by atoms with Crippen LogP contribution in [0.5, 0.6) is 0 Å². The summed E-state index contributed by atoms with van der Waals surface area (Å²) in [6.07, 6.45) is 0. The quantitative estimate of drug-likeness (QED) is 0.275. The first-order valence-corrected chi connectivity index (χ1v) is 11.5. The van der Waals surface area contributed by atoms with Gasteiger partial charge in [0, 0.05) is 27.5 Å². The van der Waals surface area contributed by atoms with Gasteiger partial charge in [-0.25, -0.2) is 15.0 Å². The lowest BCUT2D eigenvalue weighted by Gasteiger charge is -2.10. The van der Waals surface area contributed by atoms with Crippen molar-refractivity contribution in [3.05, 3.63) is 115 Å². The van der Waals surface area contributed by atoms with Gasteiger partial charge in [-0.1, -0.05) is 97.1 Å². The summed E-state index contributed by atoms with van der Waals surface area (Å²) in [4.78, 5) is 14.7. The summed E-state index contributed by atoms with van der Waals surface area (Å²) in [5.74, 6) is 1.96. The van der Waals surface area contributed by atoms with Gasteiger partial charge in [0.1, 0.15) is 11.2 Å². The number of para-hydroxylation sites is 1. The summed E-state index contributed by atoms with van der Waals surface area (Å²) in [6.45, 7) is 0. The third-order valence-corrected chi connectivity index (χ3v) is 6.32. The van der Waals surface area contributed by atoms with E-state index in [9.17, 15) is 0 Å². The first-order valence-electron chi connectivity index (χ1n) is 11.5. The van der Waals surface area contributed by atoms with Crippen molar-refractivity contribution in [3.63, 3.8) is 0 Å². The summed E-state index contributed by atoms with van der Waals surface area (Å²) >= 11 is 0. The number of benzene rings is 5. The minimum absolute atomic E-state index is 0.649. The number of furan rings is 1. The molecule has 5 aromatic carbocycles. The molecule has 35 heavy (non-hydrogen) atoms. The van der Waals surface area contributed by atoms with Crippen LogP contribution in [0, 0.1) is 0 Å².